The molecule has 0 bridgehead atoms. The molecule has 2 unspecified atom stereocenters. The molecule has 1 saturated heterocycles. The normalized spacial score (nSPS) is 36.9. The van der Waals surface area contributed by atoms with Crippen LogP contribution in [0.15, 0.2) is 11.8 Å². The summed E-state index contributed by atoms with van der Waals surface area (Å²) in [5.41, 5.74) is 1.51. The maximum absolute atomic E-state index is 3.39. The summed E-state index contributed by atoms with van der Waals surface area (Å²) in [7, 11) is 0. The maximum Gasteiger partial charge on any atom is 0.0353 e. The second kappa shape index (κ2) is 2.52. The van der Waals surface area contributed by atoms with Gasteiger partial charge >= 0.3 is 0 Å². The van der Waals surface area contributed by atoms with Gasteiger partial charge in [0.05, 0.1) is 0 Å². The van der Waals surface area contributed by atoms with E-state index in [1.807, 2.05) is 0 Å². The summed E-state index contributed by atoms with van der Waals surface area (Å²) in [5.74, 6) is 0.741. The molecule has 0 amide bonds. The molecule has 2 rings (SSSR count). The van der Waals surface area contributed by atoms with Crippen LogP contribution in [0.1, 0.15) is 13.8 Å². The predicted molar refractivity (Wildman–Crippen MR) is 46.3 cm³/mol. The Hall–Kier alpha value is -0.500. The van der Waals surface area contributed by atoms with Crippen molar-refractivity contribution < 1.29 is 0 Å². The molecule has 2 heterocycles. The first kappa shape index (κ1) is 7.17. The zero-order chi connectivity index (χ0) is 7.84. The predicted octanol–water partition coefficient (Wildman–Crippen LogP) is 0.814. The van der Waals surface area contributed by atoms with E-state index in [1.165, 1.54) is 12.2 Å². The third kappa shape index (κ3) is 1.06. The Morgan fingerprint density at radius 1 is 1.55 bits per heavy atom. The second-order valence-electron chi connectivity index (χ2n) is 3.63. The first-order valence-corrected chi connectivity index (χ1v) is 4.47. The molecular weight excluding hydrogens is 136 g/mol. The molecule has 0 aliphatic carbocycles. The van der Waals surface area contributed by atoms with Gasteiger partial charge < -0.3 is 10.2 Å². The summed E-state index contributed by atoms with van der Waals surface area (Å²) in [6.07, 6.45) is 2.40. The highest BCUT2D eigenvalue weighted by Crippen LogP contribution is 2.26. The molecule has 0 saturated carbocycles. The zero-order valence-corrected chi connectivity index (χ0v) is 7.30. The van der Waals surface area contributed by atoms with E-state index in [1.54, 1.807) is 0 Å². The minimum Gasteiger partial charge on any atom is -0.369 e. The van der Waals surface area contributed by atoms with Gasteiger partial charge in [0.1, 0.15) is 0 Å². The lowest BCUT2D eigenvalue weighted by Gasteiger charge is -2.33. The van der Waals surface area contributed by atoms with Crippen LogP contribution < -0.4 is 5.32 Å². The smallest absolute Gasteiger partial charge is 0.0353 e. The lowest BCUT2D eigenvalue weighted by atomic mass is 10.1. The lowest BCUT2D eigenvalue weighted by molar-refractivity contribution is 0.237. The van der Waals surface area contributed by atoms with Crippen LogP contribution in [0.25, 0.3) is 0 Å². The monoisotopic (exact) mass is 152 g/mol. The van der Waals surface area contributed by atoms with Crippen molar-refractivity contribution in [2.75, 3.05) is 19.6 Å². The summed E-state index contributed by atoms with van der Waals surface area (Å²) in [5, 5.41) is 3.39. The molecule has 1 fully saturated rings. The fourth-order valence-electron chi connectivity index (χ4n) is 2.01. The van der Waals surface area contributed by atoms with Crippen LogP contribution in [0.2, 0.25) is 0 Å². The van der Waals surface area contributed by atoms with Crippen molar-refractivity contribution >= 4 is 0 Å². The van der Waals surface area contributed by atoms with Crippen LogP contribution in [0.5, 0.6) is 0 Å². The molecule has 2 nitrogen and oxygen atoms in total. The molecular formula is C9H16N2. The van der Waals surface area contributed by atoms with Crippen molar-refractivity contribution in [1.29, 1.82) is 0 Å². The standard InChI is InChI=1S/C9H16N2/c1-7-5-9-6-10-3-4-11(9)8(7)2/h5,7-8,10H,3-4,6H2,1-2H3. The van der Waals surface area contributed by atoms with Crippen molar-refractivity contribution in [3.63, 3.8) is 0 Å². The third-order valence-corrected chi connectivity index (χ3v) is 2.91. The molecule has 0 aromatic carbocycles. The molecule has 0 spiro atoms. The minimum atomic E-state index is 0.729. The Labute approximate surface area is 68.3 Å². The molecule has 2 heteroatoms. The first-order chi connectivity index (χ1) is 5.29. The van der Waals surface area contributed by atoms with Gasteiger partial charge in [-0.05, 0) is 12.8 Å². The highest BCUT2D eigenvalue weighted by Gasteiger charge is 2.28. The molecule has 62 valence electrons. The number of piperazine rings is 1. The van der Waals surface area contributed by atoms with Crippen LogP contribution in [0.4, 0.5) is 0 Å². The van der Waals surface area contributed by atoms with E-state index in [-0.39, 0.29) is 0 Å². The van der Waals surface area contributed by atoms with E-state index in [0.717, 1.165) is 25.0 Å². The summed E-state index contributed by atoms with van der Waals surface area (Å²) >= 11 is 0. The highest BCUT2D eigenvalue weighted by molar-refractivity contribution is 5.16. The van der Waals surface area contributed by atoms with Crippen LogP contribution in [-0.4, -0.2) is 30.6 Å². The van der Waals surface area contributed by atoms with E-state index in [0.29, 0.717) is 0 Å². The largest absolute Gasteiger partial charge is 0.369 e. The van der Waals surface area contributed by atoms with E-state index < -0.39 is 0 Å². The van der Waals surface area contributed by atoms with Gasteiger partial charge in [0, 0.05) is 31.4 Å². The fourth-order valence-corrected chi connectivity index (χ4v) is 2.01. The van der Waals surface area contributed by atoms with Gasteiger partial charge in [-0.25, -0.2) is 0 Å². The number of nitrogens with one attached hydrogen (secondary N) is 1. The van der Waals surface area contributed by atoms with Gasteiger partial charge in [0.15, 0.2) is 0 Å². The van der Waals surface area contributed by atoms with Gasteiger partial charge in [-0.3, -0.25) is 0 Å². The second-order valence-corrected chi connectivity index (χ2v) is 3.63. The molecule has 2 atom stereocenters. The Morgan fingerprint density at radius 3 is 3.09 bits per heavy atom. The van der Waals surface area contributed by atoms with Crippen LogP contribution in [0, 0.1) is 5.92 Å². The topological polar surface area (TPSA) is 15.3 Å². The van der Waals surface area contributed by atoms with Crippen molar-refractivity contribution in [2.45, 2.75) is 19.9 Å². The molecule has 11 heavy (non-hydrogen) atoms. The fraction of sp³-hybridized carbons (Fsp3) is 0.778. The SMILES string of the molecule is CC1C=C2CNCCN2C1C. The van der Waals surface area contributed by atoms with Gasteiger partial charge in [-0.15, -0.1) is 0 Å². The van der Waals surface area contributed by atoms with Crippen molar-refractivity contribution in [1.82, 2.24) is 10.2 Å². The highest BCUT2D eigenvalue weighted by atomic mass is 15.2. The Bertz CT molecular complexity index is 186. The molecule has 0 aromatic heterocycles. The van der Waals surface area contributed by atoms with Crippen LogP contribution in [0.3, 0.4) is 0 Å². The Morgan fingerprint density at radius 2 is 2.36 bits per heavy atom. The van der Waals surface area contributed by atoms with Crippen molar-refractivity contribution in [2.24, 2.45) is 5.92 Å². The van der Waals surface area contributed by atoms with Gasteiger partial charge in [-0.1, -0.05) is 13.0 Å². The summed E-state index contributed by atoms with van der Waals surface area (Å²) in [6, 6.07) is 0.729. The number of hydrogen-bond acceptors (Lipinski definition) is 2. The van der Waals surface area contributed by atoms with Gasteiger partial charge in [-0.2, -0.15) is 0 Å². The van der Waals surface area contributed by atoms with E-state index in [4.69, 9.17) is 0 Å². The molecule has 1 N–H and O–H groups in total. The Kier molecular flexibility index (Phi) is 1.64. The Balaban J connectivity index is 2.16. The summed E-state index contributed by atoms with van der Waals surface area (Å²) in [6.45, 7) is 8.04. The van der Waals surface area contributed by atoms with Gasteiger partial charge in [0.25, 0.3) is 0 Å². The molecule has 2 aliphatic rings. The van der Waals surface area contributed by atoms with E-state index in [9.17, 15) is 0 Å². The molecule has 0 radical (unpaired) electrons. The zero-order valence-electron chi connectivity index (χ0n) is 7.30. The van der Waals surface area contributed by atoms with Crippen molar-refractivity contribution in [3.05, 3.63) is 11.8 Å². The minimum absolute atomic E-state index is 0.729. The first-order valence-electron chi connectivity index (χ1n) is 4.47. The summed E-state index contributed by atoms with van der Waals surface area (Å²) in [4.78, 5) is 2.53. The number of nitrogens with zero attached hydrogens (tertiary/aromatic N) is 1. The number of fused-ring (bicyclic) bond motifs is 1. The number of hydrogen-bond donors (Lipinski definition) is 1. The molecule has 2 aliphatic heterocycles. The van der Waals surface area contributed by atoms with Crippen LogP contribution in [-0.2, 0) is 0 Å². The quantitative estimate of drug-likeness (QED) is 0.552. The lowest BCUT2D eigenvalue weighted by Crippen LogP contribution is -2.43. The van der Waals surface area contributed by atoms with Crippen LogP contribution >= 0.6 is 0 Å². The van der Waals surface area contributed by atoms with Crippen molar-refractivity contribution in [3.8, 4) is 0 Å². The number of rotatable bonds is 0. The summed E-state index contributed by atoms with van der Waals surface area (Å²) < 4.78 is 0. The van der Waals surface area contributed by atoms with E-state index in [2.05, 4.69) is 30.1 Å². The van der Waals surface area contributed by atoms with E-state index >= 15 is 0 Å². The molecule has 0 aromatic rings. The average Bonchev–Trinajstić information content (AvgIpc) is 2.30. The van der Waals surface area contributed by atoms with Gasteiger partial charge in [0.2, 0.25) is 0 Å². The average molecular weight is 152 g/mol. The maximum atomic E-state index is 3.39. The third-order valence-electron chi connectivity index (χ3n) is 2.91.